The van der Waals surface area contributed by atoms with Crippen molar-refractivity contribution < 1.29 is 4.74 Å². The number of nitrogens with one attached hydrogen (secondary N) is 2. The first-order chi connectivity index (χ1) is 13.2. The van der Waals surface area contributed by atoms with Crippen LogP contribution in [0.2, 0.25) is 5.15 Å². The molecule has 4 rings (SSSR count). The Morgan fingerprint density at radius 2 is 1.93 bits per heavy atom. The molecule has 27 heavy (non-hydrogen) atoms. The third-order valence-electron chi connectivity index (χ3n) is 4.61. The highest BCUT2D eigenvalue weighted by Crippen LogP contribution is 2.32. The number of anilines is 1. The van der Waals surface area contributed by atoms with Crippen LogP contribution in [-0.2, 0) is 0 Å². The summed E-state index contributed by atoms with van der Waals surface area (Å²) in [7, 11) is 1.67. The summed E-state index contributed by atoms with van der Waals surface area (Å²) < 4.78 is 5.30. The number of benzene rings is 2. The molecule has 0 saturated heterocycles. The van der Waals surface area contributed by atoms with Crippen molar-refractivity contribution in [3.05, 3.63) is 83.4 Å². The van der Waals surface area contributed by atoms with Crippen LogP contribution in [0.4, 0.5) is 5.82 Å². The summed E-state index contributed by atoms with van der Waals surface area (Å²) in [5.41, 5.74) is 3.52. The number of ether oxygens (including phenoxy) is 1. The molecule has 0 spiro atoms. The molecule has 0 amide bonds. The summed E-state index contributed by atoms with van der Waals surface area (Å²) in [5.74, 6) is 1.61. The molecule has 2 aromatic heterocycles. The van der Waals surface area contributed by atoms with Crippen LogP contribution in [-0.4, -0.2) is 28.6 Å². The summed E-state index contributed by atoms with van der Waals surface area (Å²) in [6, 6.07) is 16.5. The predicted molar refractivity (Wildman–Crippen MR) is 109 cm³/mol. The summed E-state index contributed by atoms with van der Waals surface area (Å²) in [5, 5.41) is 4.94. The Morgan fingerprint density at radius 3 is 2.70 bits per heavy atom. The lowest BCUT2D eigenvalue weighted by molar-refractivity contribution is 0.414. The lowest BCUT2D eigenvalue weighted by atomic mass is 9.91. The Balaban J connectivity index is 1.70. The van der Waals surface area contributed by atoms with Gasteiger partial charge in [0.1, 0.15) is 16.7 Å². The summed E-state index contributed by atoms with van der Waals surface area (Å²) in [6.07, 6.45) is 5.27. The smallest absolute Gasteiger partial charge is 0.149 e. The van der Waals surface area contributed by atoms with Crippen LogP contribution in [0.15, 0.2) is 67.1 Å². The van der Waals surface area contributed by atoms with Crippen LogP contribution in [0.3, 0.4) is 0 Å². The van der Waals surface area contributed by atoms with Crippen LogP contribution in [0.5, 0.6) is 5.75 Å². The fraction of sp³-hybridized carbons (Fsp3) is 0.143. The van der Waals surface area contributed by atoms with E-state index in [4.69, 9.17) is 16.3 Å². The van der Waals surface area contributed by atoms with Gasteiger partial charge in [-0.3, -0.25) is 4.98 Å². The first-order valence-corrected chi connectivity index (χ1v) is 9.04. The molecule has 2 aromatic carbocycles. The van der Waals surface area contributed by atoms with Crippen LogP contribution in [0.1, 0.15) is 17.0 Å². The fourth-order valence-electron chi connectivity index (χ4n) is 3.26. The van der Waals surface area contributed by atoms with Gasteiger partial charge >= 0.3 is 0 Å². The zero-order chi connectivity index (χ0) is 18.6. The molecule has 0 aliphatic heterocycles. The Kier molecular flexibility index (Phi) is 4.94. The molecule has 0 radical (unpaired) electrons. The minimum atomic E-state index is 0.118. The van der Waals surface area contributed by atoms with E-state index in [9.17, 15) is 0 Å². The number of para-hydroxylation sites is 1. The minimum absolute atomic E-state index is 0.118. The van der Waals surface area contributed by atoms with Crippen LogP contribution >= 0.6 is 11.6 Å². The normalized spacial score (nSPS) is 12.1. The highest BCUT2D eigenvalue weighted by Gasteiger charge is 2.18. The molecular weight excluding hydrogens is 360 g/mol. The molecular formula is C21H19ClN4O. The van der Waals surface area contributed by atoms with Gasteiger partial charge in [0, 0.05) is 29.6 Å². The van der Waals surface area contributed by atoms with Crippen molar-refractivity contribution in [3.63, 3.8) is 0 Å². The van der Waals surface area contributed by atoms with Crippen molar-refractivity contribution in [2.45, 2.75) is 5.92 Å². The number of hydrogen-bond donors (Lipinski definition) is 2. The van der Waals surface area contributed by atoms with Gasteiger partial charge in [0.05, 0.1) is 19.5 Å². The number of hydrogen-bond acceptors (Lipinski definition) is 4. The SMILES string of the molecule is COc1ccc(C(CNc2cncc(Cl)n2)c2c[nH]c3ccccc23)cc1. The maximum atomic E-state index is 5.96. The maximum Gasteiger partial charge on any atom is 0.149 e. The average Bonchev–Trinajstić information content (AvgIpc) is 3.13. The van der Waals surface area contributed by atoms with E-state index < -0.39 is 0 Å². The molecule has 0 bridgehead atoms. The Labute approximate surface area is 162 Å². The molecule has 1 atom stereocenters. The molecule has 2 N–H and O–H groups in total. The number of nitrogens with zero attached hydrogens (tertiary/aromatic N) is 2. The number of fused-ring (bicyclic) bond motifs is 1. The molecule has 2 heterocycles. The lowest BCUT2D eigenvalue weighted by Crippen LogP contribution is -2.15. The standard InChI is InChI=1S/C21H19ClN4O/c1-27-15-8-6-14(7-9-15)17(10-25-21-13-23-12-20(22)26-21)18-11-24-19-5-3-2-4-16(18)19/h2-9,11-13,17,24H,10H2,1H3,(H,25,26). The third kappa shape index (κ3) is 3.73. The molecule has 0 aliphatic carbocycles. The molecule has 136 valence electrons. The van der Waals surface area contributed by atoms with Gasteiger partial charge in [0.25, 0.3) is 0 Å². The van der Waals surface area contributed by atoms with E-state index in [1.807, 2.05) is 18.2 Å². The van der Waals surface area contributed by atoms with E-state index in [1.165, 1.54) is 22.7 Å². The summed E-state index contributed by atoms with van der Waals surface area (Å²) >= 11 is 5.96. The van der Waals surface area contributed by atoms with Crippen molar-refractivity contribution in [2.24, 2.45) is 0 Å². The highest BCUT2D eigenvalue weighted by atomic mass is 35.5. The maximum absolute atomic E-state index is 5.96. The van der Waals surface area contributed by atoms with Crippen LogP contribution in [0, 0.1) is 0 Å². The number of aromatic amines is 1. The second kappa shape index (κ2) is 7.68. The lowest BCUT2D eigenvalue weighted by Gasteiger charge is -2.19. The van der Waals surface area contributed by atoms with E-state index >= 15 is 0 Å². The van der Waals surface area contributed by atoms with E-state index in [2.05, 4.69) is 56.8 Å². The topological polar surface area (TPSA) is 62.8 Å². The molecule has 0 aliphatic rings. The number of aromatic nitrogens is 3. The van der Waals surface area contributed by atoms with Crippen molar-refractivity contribution in [3.8, 4) is 5.75 Å². The molecule has 0 fully saturated rings. The van der Waals surface area contributed by atoms with Crippen molar-refractivity contribution in [1.82, 2.24) is 15.0 Å². The van der Waals surface area contributed by atoms with Gasteiger partial charge in [-0.05, 0) is 29.3 Å². The number of rotatable bonds is 6. The number of halogens is 1. The van der Waals surface area contributed by atoms with E-state index in [0.29, 0.717) is 17.5 Å². The molecule has 5 nitrogen and oxygen atoms in total. The summed E-state index contributed by atoms with van der Waals surface area (Å²) in [4.78, 5) is 11.7. The molecule has 1 unspecified atom stereocenters. The summed E-state index contributed by atoms with van der Waals surface area (Å²) in [6.45, 7) is 0.656. The third-order valence-corrected chi connectivity index (χ3v) is 4.79. The second-order valence-electron chi connectivity index (χ2n) is 6.22. The van der Waals surface area contributed by atoms with Gasteiger partial charge in [0.2, 0.25) is 0 Å². The Morgan fingerprint density at radius 1 is 1.11 bits per heavy atom. The largest absolute Gasteiger partial charge is 0.497 e. The van der Waals surface area contributed by atoms with Gasteiger partial charge < -0.3 is 15.0 Å². The first kappa shape index (κ1) is 17.4. The monoisotopic (exact) mass is 378 g/mol. The first-order valence-electron chi connectivity index (χ1n) is 8.66. The Bertz CT molecular complexity index is 1050. The fourth-order valence-corrected chi connectivity index (χ4v) is 3.41. The van der Waals surface area contributed by atoms with Crippen LogP contribution in [0.25, 0.3) is 10.9 Å². The second-order valence-corrected chi connectivity index (χ2v) is 6.61. The van der Waals surface area contributed by atoms with Crippen molar-refractivity contribution in [1.29, 1.82) is 0 Å². The van der Waals surface area contributed by atoms with Gasteiger partial charge in [-0.15, -0.1) is 0 Å². The van der Waals surface area contributed by atoms with Gasteiger partial charge in [-0.1, -0.05) is 41.9 Å². The van der Waals surface area contributed by atoms with E-state index in [-0.39, 0.29) is 5.92 Å². The van der Waals surface area contributed by atoms with Crippen molar-refractivity contribution in [2.75, 3.05) is 19.0 Å². The zero-order valence-corrected chi connectivity index (χ0v) is 15.6. The highest BCUT2D eigenvalue weighted by molar-refractivity contribution is 6.29. The number of methoxy groups -OCH3 is 1. The number of H-pyrrole nitrogens is 1. The Hall–Kier alpha value is -3.05. The van der Waals surface area contributed by atoms with Crippen molar-refractivity contribution >= 4 is 28.3 Å². The van der Waals surface area contributed by atoms with Crippen LogP contribution < -0.4 is 10.1 Å². The zero-order valence-electron chi connectivity index (χ0n) is 14.8. The predicted octanol–water partition coefficient (Wildman–Crippen LogP) is 4.86. The van der Waals surface area contributed by atoms with E-state index in [0.717, 1.165) is 11.3 Å². The average molecular weight is 379 g/mol. The molecule has 6 heteroatoms. The van der Waals surface area contributed by atoms with Gasteiger partial charge in [-0.25, -0.2) is 4.98 Å². The van der Waals surface area contributed by atoms with Gasteiger partial charge in [0.15, 0.2) is 0 Å². The minimum Gasteiger partial charge on any atom is -0.497 e. The van der Waals surface area contributed by atoms with Gasteiger partial charge in [-0.2, -0.15) is 0 Å². The molecule has 4 aromatic rings. The molecule has 0 saturated carbocycles. The van der Waals surface area contributed by atoms with E-state index in [1.54, 1.807) is 13.3 Å². The quantitative estimate of drug-likeness (QED) is 0.502.